The van der Waals surface area contributed by atoms with E-state index in [1.165, 1.54) is 37.6 Å². The first-order valence-corrected chi connectivity index (χ1v) is 12.8. The summed E-state index contributed by atoms with van der Waals surface area (Å²) >= 11 is 1.32. The van der Waals surface area contributed by atoms with Gasteiger partial charge in [-0.05, 0) is 66.6 Å². The van der Waals surface area contributed by atoms with Crippen molar-refractivity contribution >= 4 is 44.1 Å². The molecule has 1 aliphatic rings. The van der Waals surface area contributed by atoms with Crippen LogP contribution in [-0.2, 0) is 16.0 Å². The van der Waals surface area contributed by atoms with Gasteiger partial charge in [-0.2, -0.15) is 0 Å². The van der Waals surface area contributed by atoms with Crippen molar-refractivity contribution in [2.45, 2.75) is 19.4 Å². The third-order valence-electron chi connectivity index (χ3n) is 6.60. The van der Waals surface area contributed by atoms with Crippen molar-refractivity contribution in [3.8, 4) is 17.2 Å². The summed E-state index contributed by atoms with van der Waals surface area (Å²) in [5.74, 6) is -0.386. The number of ether oxygens (including phenoxy) is 3. The molecular weight excluding hydrogens is 504 g/mol. The number of methoxy groups -OCH3 is 3. The van der Waals surface area contributed by atoms with Crippen molar-refractivity contribution < 1.29 is 28.9 Å². The van der Waals surface area contributed by atoms with Crippen LogP contribution in [0.4, 0.5) is 5.13 Å². The topological polar surface area (TPSA) is 98.2 Å². The standard InChI is InChI=1S/C29H26N2O6S/c1-5-16-6-12-21-23(14-16)38-29(30-21)31-25(20-15-19(36-3)11-13-22(20)37-4)24(27(33)28(31)34)26(32)17-7-9-18(35-2)10-8-17/h6-15,25,32H,5H2,1-4H3/b26-24+/t25-/m0/s1. The van der Waals surface area contributed by atoms with Gasteiger partial charge in [-0.15, -0.1) is 0 Å². The minimum Gasteiger partial charge on any atom is -0.507 e. The Labute approximate surface area is 223 Å². The summed E-state index contributed by atoms with van der Waals surface area (Å²) in [6.07, 6.45) is 0.858. The highest BCUT2D eigenvalue weighted by Gasteiger charge is 2.49. The molecule has 0 spiro atoms. The molecule has 38 heavy (non-hydrogen) atoms. The molecule has 0 saturated carbocycles. The van der Waals surface area contributed by atoms with Crippen molar-refractivity contribution in [2.24, 2.45) is 0 Å². The molecule has 0 bridgehead atoms. The third-order valence-corrected chi connectivity index (χ3v) is 7.61. The molecule has 5 rings (SSSR count). The number of fused-ring (bicyclic) bond motifs is 1. The molecule has 1 N–H and O–H groups in total. The van der Waals surface area contributed by atoms with Crippen molar-refractivity contribution in [1.82, 2.24) is 4.98 Å². The summed E-state index contributed by atoms with van der Waals surface area (Å²) in [6, 6.07) is 16.7. The lowest BCUT2D eigenvalue weighted by atomic mass is 9.94. The number of hydrogen-bond acceptors (Lipinski definition) is 8. The molecule has 1 aromatic heterocycles. The van der Waals surface area contributed by atoms with Crippen LogP contribution in [0.5, 0.6) is 17.2 Å². The minimum absolute atomic E-state index is 0.0692. The number of carbonyl (C=O) groups is 2. The number of ketones is 1. The zero-order valence-electron chi connectivity index (χ0n) is 21.3. The number of nitrogens with zero attached hydrogens (tertiary/aromatic N) is 2. The van der Waals surface area contributed by atoms with E-state index in [1.807, 2.05) is 18.2 Å². The summed E-state index contributed by atoms with van der Waals surface area (Å²) in [5, 5.41) is 11.8. The lowest BCUT2D eigenvalue weighted by molar-refractivity contribution is -0.132. The lowest BCUT2D eigenvalue weighted by Gasteiger charge is -2.25. The Morgan fingerprint density at radius 1 is 0.947 bits per heavy atom. The Kier molecular flexibility index (Phi) is 6.77. The summed E-state index contributed by atoms with van der Waals surface area (Å²) in [7, 11) is 4.57. The molecule has 9 heteroatoms. The Morgan fingerprint density at radius 3 is 2.32 bits per heavy atom. The zero-order chi connectivity index (χ0) is 27.0. The first-order chi connectivity index (χ1) is 18.4. The normalized spacial score (nSPS) is 16.7. The maximum absolute atomic E-state index is 13.6. The van der Waals surface area contributed by atoms with Crippen LogP contribution in [0, 0.1) is 0 Å². The second-order valence-electron chi connectivity index (χ2n) is 8.66. The Hall–Kier alpha value is -4.37. The number of carbonyl (C=O) groups excluding carboxylic acids is 2. The number of amides is 1. The predicted octanol–water partition coefficient (Wildman–Crippen LogP) is 5.51. The maximum atomic E-state index is 13.6. The second-order valence-corrected chi connectivity index (χ2v) is 9.67. The van der Waals surface area contributed by atoms with Gasteiger partial charge in [0.2, 0.25) is 0 Å². The molecule has 4 aromatic rings. The van der Waals surface area contributed by atoms with Gasteiger partial charge in [-0.25, -0.2) is 4.98 Å². The van der Waals surface area contributed by atoms with Crippen LogP contribution in [0.25, 0.3) is 16.0 Å². The number of aryl methyl sites for hydroxylation is 1. The lowest BCUT2D eigenvalue weighted by Crippen LogP contribution is -2.29. The molecule has 8 nitrogen and oxygen atoms in total. The molecule has 194 valence electrons. The molecule has 1 fully saturated rings. The fourth-order valence-corrected chi connectivity index (χ4v) is 5.62. The number of hydrogen-bond donors (Lipinski definition) is 1. The van der Waals surface area contributed by atoms with E-state index >= 15 is 0 Å². The van der Waals surface area contributed by atoms with Crippen LogP contribution in [-0.4, -0.2) is 43.1 Å². The van der Waals surface area contributed by atoms with E-state index in [9.17, 15) is 14.7 Å². The van der Waals surface area contributed by atoms with E-state index in [-0.39, 0.29) is 11.3 Å². The zero-order valence-corrected chi connectivity index (χ0v) is 22.2. The van der Waals surface area contributed by atoms with Crippen LogP contribution in [0.15, 0.2) is 66.2 Å². The van der Waals surface area contributed by atoms with Gasteiger partial charge in [0.25, 0.3) is 5.78 Å². The average Bonchev–Trinajstić information content (AvgIpc) is 3.49. The maximum Gasteiger partial charge on any atom is 0.301 e. The number of rotatable bonds is 7. The molecular formula is C29H26N2O6S. The number of aromatic nitrogens is 1. The third kappa shape index (κ3) is 4.24. The van der Waals surface area contributed by atoms with E-state index < -0.39 is 17.7 Å². The summed E-state index contributed by atoms with van der Waals surface area (Å²) in [4.78, 5) is 33.2. The van der Waals surface area contributed by atoms with Gasteiger partial charge in [0.05, 0.1) is 37.1 Å². The van der Waals surface area contributed by atoms with Crippen LogP contribution < -0.4 is 19.1 Å². The SMILES string of the molecule is CCc1ccc2nc(N3C(=O)C(=O)/C(=C(/O)c4ccc(OC)cc4)[C@@H]3c3cc(OC)ccc3OC)sc2c1. The van der Waals surface area contributed by atoms with Gasteiger partial charge in [0.15, 0.2) is 5.13 Å². The fraction of sp³-hybridized carbons (Fsp3) is 0.207. The smallest absolute Gasteiger partial charge is 0.301 e. The minimum atomic E-state index is -1.01. The van der Waals surface area contributed by atoms with E-state index in [4.69, 9.17) is 19.2 Å². The largest absolute Gasteiger partial charge is 0.507 e. The fourth-order valence-electron chi connectivity index (χ4n) is 4.56. The van der Waals surface area contributed by atoms with Crippen molar-refractivity contribution in [3.63, 3.8) is 0 Å². The quantitative estimate of drug-likeness (QED) is 0.191. The van der Waals surface area contributed by atoms with Gasteiger partial charge in [0.1, 0.15) is 29.0 Å². The van der Waals surface area contributed by atoms with Crippen molar-refractivity contribution in [1.29, 1.82) is 0 Å². The molecule has 0 unspecified atom stereocenters. The summed E-state index contributed by atoms with van der Waals surface area (Å²) < 4.78 is 17.2. The highest BCUT2D eigenvalue weighted by atomic mass is 32.1. The molecule has 1 saturated heterocycles. The van der Waals surface area contributed by atoms with Gasteiger partial charge in [0, 0.05) is 11.1 Å². The second kappa shape index (κ2) is 10.2. The van der Waals surface area contributed by atoms with Gasteiger partial charge >= 0.3 is 5.91 Å². The van der Waals surface area contributed by atoms with Gasteiger partial charge in [-0.1, -0.05) is 24.3 Å². The molecule has 1 amide bonds. The van der Waals surface area contributed by atoms with Gasteiger partial charge < -0.3 is 19.3 Å². The first-order valence-electron chi connectivity index (χ1n) is 12.0. The molecule has 0 aliphatic carbocycles. The van der Waals surface area contributed by atoms with E-state index in [0.717, 1.165) is 22.2 Å². The Bertz CT molecular complexity index is 1570. The first kappa shape index (κ1) is 25.3. The highest BCUT2D eigenvalue weighted by Crippen LogP contribution is 2.47. The number of thiazole rings is 1. The molecule has 1 aliphatic heterocycles. The molecule has 1 atom stereocenters. The van der Waals surface area contributed by atoms with E-state index in [1.54, 1.807) is 42.5 Å². The van der Waals surface area contributed by atoms with Crippen LogP contribution in [0.1, 0.15) is 29.7 Å². The monoisotopic (exact) mass is 530 g/mol. The highest BCUT2D eigenvalue weighted by molar-refractivity contribution is 7.22. The van der Waals surface area contributed by atoms with Gasteiger partial charge in [-0.3, -0.25) is 14.5 Å². The molecule has 3 aromatic carbocycles. The van der Waals surface area contributed by atoms with Crippen molar-refractivity contribution in [2.75, 3.05) is 26.2 Å². The number of anilines is 1. The number of benzene rings is 3. The number of Topliss-reactive ketones (excluding diaryl/α,β-unsaturated/α-hetero) is 1. The van der Waals surface area contributed by atoms with E-state index in [2.05, 4.69) is 6.92 Å². The Morgan fingerprint density at radius 2 is 1.66 bits per heavy atom. The Balaban J connectivity index is 1.76. The summed E-state index contributed by atoms with van der Waals surface area (Å²) in [6.45, 7) is 2.07. The van der Waals surface area contributed by atoms with Crippen LogP contribution in [0.2, 0.25) is 0 Å². The van der Waals surface area contributed by atoms with Crippen LogP contribution >= 0.6 is 11.3 Å². The number of aliphatic hydroxyl groups is 1. The van der Waals surface area contributed by atoms with Crippen LogP contribution in [0.3, 0.4) is 0 Å². The molecule has 0 radical (unpaired) electrons. The average molecular weight is 531 g/mol. The predicted molar refractivity (Wildman–Crippen MR) is 146 cm³/mol. The van der Waals surface area contributed by atoms with E-state index in [0.29, 0.717) is 33.5 Å². The molecule has 2 heterocycles. The van der Waals surface area contributed by atoms with Crippen molar-refractivity contribution in [3.05, 3.63) is 82.9 Å². The number of aliphatic hydroxyl groups excluding tert-OH is 1. The summed E-state index contributed by atoms with van der Waals surface area (Å²) in [5.41, 5.74) is 2.64.